The number of hydrogen-bond acceptors (Lipinski definition) is 3. The fraction of sp³-hybridized carbons (Fsp3) is 0.231. The van der Waals surface area contributed by atoms with Crippen molar-refractivity contribution in [3.8, 4) is 11.5 Å². The molecule has 1 heterocycles. The summed E-state index contributed by atoms with van der Waals surface area (Å²) in [4.78, 5) is 17.5. The van der Waals surface area contributed by atoms with Crippen LogP contribution in [0.3, 0.4) is 0 Å². The number of amides is 1. The molecule has 0 aliphatic rings. The molecule has 4 heteroatoms. The number of nitrogens with zero attached hydrogens (tertiary/aromatic N) is 1. The lowest BCUT2D eigenvalue weighted by molar-refractivity contribution is 0.102. The van der Waals surface area contributed by atoms with Crippen LogP contribution in [0.1, 0.15) is 52.4 Å². The van der Waals surface area contributed by atoms with Crippen molar-refractivity contribution in [1.82, 2.24) is 4.98 Å². The molecule has 30 heavy (non-hydrogen) atoms. The van der Waals surface area contributed by atoms with E-state index in [9.17, 15) is 4.79 Å². The Bertz CT molecular complexity index is 1230. The van der Waals surface area contributed by atoms with Crippen LogP contribution in [0, 0.1) is 20.8 Å². The van der Waals surface area contributed by atoms with Gasteiger partial charge >= 0.3 is 0 Å². The minimum absolute atomic E-state index is 0.130. The van der Waals surface area contributed by atoms with Crippen LogP contribution in [0.25, 0.3) is 22.6 Å². The number of aryl methyl sites for hydroxylation is 2. The third-order valence-electron chi connectivity index (χ3n) is 5.47. The maximum atomic E-state index is 12.8. The Morgan fingerprint density at radius 2 is 1.73 bits per heavy atom. The zero-order valence-electron chi connectivity index (χ0n) is 18.0. The predicted molar refractivity (Wildman–Crippen MR) is 122 cm³/mol. The fourth-order valence-corrected chi connectivity index (χ4v) is 3.71. The molecule has 4 aromatic rings. The van der Waals surface area contributed by atoms with E-state index in [-0.39, 0.29) is 5.91 Å². The SMILES string of the molecule is Cc1cc(C)c2oc(-c3cccc(NC(=O)c4ccc(C(C)C)cc4)c3C)nc2c1. The lowest BCUT2D eigenvalue weighted by Gasteiger charge is -2.12. The summed E-state index contributed by atoms with van der Waals surface area (Å²) < 4.78 is 6.08. The monoisotopic (exact) mass is 398 g/mol. The second-order valence-electron chi connectivity index (χ2n) is 8.16. The van der Waals surface area contributed by atoms with Gasteiger partial charge in [0, 0.05) is 16.8 Å². The van der Waals surface area contributed by atoms with Crippen molar-refractivity contribution in [3.63, 3.8) is 0 Å². The van der Waals surface area contributed by atoms with Crippen LogP contribution in [-0.2, 0) is 0 Å². The molecule has 152 valence electrons. The first-order valence-electron chi connectivity index (χ1n) is 10.2. The Hall–Kier alpha value is -3.40. The number of anilines is 1. The standard InChI is InChI=1S/C26H26N2O2/c1-15(2)19-9-11-20(12-10-19)25(29)27-22-8-6-7-21(18(22)5)26-28-23-14-16(3)13-17(4)24(23)30-26/h6-15H,1-5H3,(H,27,29). The van der Waals surface area contributed by atoms with Crippen molar-refractivity contribution in [2.24, 2.45) is 0 Å². The van der Waals surface area contributed by atoms with E-state index >= 15 is 0 Å². The largest absolute Gasteiger partial charge is 0.436 e. The van der Waals surface area contributed by atoms with Crippen LogP contribution in [-0.4, -0.2) is 10.9 Å². The normalized spacial score (nSPS) is 11.3. The molecule has 0 bridgehead atoms. The van der Waals surface area contributed by atoms with Gasteiger partial charge in [0.1, 0.15) is 5.52 Å². The van der Waals surface area contributed by atoms with E-state index < -0.39 is 0 Å². The van der Waals surface area contributed by atoms with Crippen molar-refractivity contribution in [1.29, 1.82) is 0 Å². The Kier molecular flexibility index (Phi) is 5.17. The van der Waals surface area contributed by atoms with Crippen molar-refractivity contribution in [3.05, 3.63) is 82.4 Å². The summed E-state index contributed by atoms with van der Waals surface area (Å²) >= 11 is 0. The Balaban J connectivity index is 1.65. The molecular weight excluding hydrogens is 372 g/mol. The average molecular weight is 399 g/mol. The Morgan fingerprint density at radius 3 is 2.43 bits per heavy atom. The zero-order valence-corrected chi connectivity index (χ0v) is 18.0. The summed E-state index contributed by atoms with van der Waals surface area (Å²) in [6.45, 7) is 10.3. The molecular formula is C26H26N2O2. The molecule has 0 radical (unpaired) electrons. The van der Waals surface area contributed by atoms with Gasteiger partial charge in [-0.2, -0.15) is 0 Å². The number of fused-ring (bicyclic) bond motifs is 1. The maximum absolute atomic E-state index is 12.8. The van der Waals surface area contributed by atoms with E-state index in [2.05, 4.69) is 32.2 Å². The van der Waals surface area contributed by atoms with Gasteiger partial charge in [-0.3, -0.25) is 4.79 Å². The van der Waals surface area contributed by atoms with E-state index in [0.29, 0.717) is 17.4 Å². The summed E-state index contributed by atoms with van der Waals surface area (Å²) in [5.41, 5.74) is 8.26. The molecule has 0 aliphatic carbocycles. The number of hydrogen-bond donors (Lipinski definition) is 1. The molecule has 1 amide bonds. The summed E-state index contributed by atoms with van der Waals surface area (Å²) in [6.07, 6.45) is 0. The van der Waals surface area contributed by atoms with Crippen LogP contribution in [0.5, 0.6) is 0 Å². The van der Waals surface area contributed by atoms with Crippen molar-refractivity contribution in [2.45, 2.75) is 40.5 Å². The lowest BCUT2D eigenvalue weighted by Crippen LogP contribution is -2.13. The van der Waals surface area contributed by atoms with Gasteiger partial charge in [0.15, 0.2) is 5.58 Å². The topological polar surface area (TPSA) is 55.1 Å². The molecule has 0 atom stereocenters. The van der Waals surface area contributed by atoms with Gasteiger partial charge in [0.2, 0.25) is 5.89 Å². The highest BCUT2D eigenvalue weighted by atomic mass is 16.3. The van der Waals surface area contributed by atoms with Gasteiger partial charge < -0.3 is 9.73 Å². The minimum atomic E-state index is -0.130. The van der Waals surface area contributed by atoms with Gasteiger partial charge in [-0.25, -0.2) is 4.98 Å². The number of aromatic nitrogens is 1. The predicted octanol–water partition coefficient (Wildman–Crippen LogP) is 6.80. The second-order valence-corrected chi connectivity index (χ2v) is 8.16. The molecule has 0 aliphatic heterocycles. The van der Waals surface area contributed by atoms with Gasteiger partial charge in [-0.15, -0.1) is 0 Å². The zero-order chi connectivity index (χ0) is 21.4. The molecule has 1 aromatic heterocycles. The molecule has 0 unspecified atom stereocenters. The minimum Gasteiger partial charge on any atom is -0.436 e. The molecule has 0 saturated heterocycles. The molecule has 0 saturated carbocycles. The molecule has 3 aromatic carbocycles. The first-order valence-corrected chi connectivity index (χ1v) is 10.2. The molecule has 4 rings (SSSR count). The third-order valence-corrected chi connectivity index (χ3v) is 5.47. The number of nitrogens with one attached hydrogen (secondary N) is 1. The number of rotatable bonds is 4. The Labute approximate surface area is 177 Å². The average Bonchev–Trinajstić information content (AvgIpc) is 3.13. The van der Waals surface area contributed by atoms with Crippen LogP contribution in [0.15, 0.2) is 59.0 Å². The number of carbonyl (C=O) groups excluding carboxylic acids is 1. The van der Waals surface area contributed by atoms with E-state index in [1.165, 1.54) is 5.56 Å². The highest BCUT2D eigenvalue weighted by molar-refractivity contribution is 6.05. The highest BCUT2D eigenvalue weighted by Crippen LogP contribution is 2.32. The molecule has 1 N–H and O–H groups in total. The smallest absolute Gasteiger partial charge is 0.255 e. The van der Waals surface area contributed by atoms with Crippen LogP contribution in [0.4, 0.5) is 5.69 Å². The lowest BCUT2D eigenvalue weighted by atomic mass is 10.0. The quantitative estimate of drug-likeness (QED) is 0.411. The van der Waals surface area contributed by atoms with Crippen molar-refractivity contribution in [2.75, 3.05) is 5.32 Å². The van der Waals surface area contributed by atoms with Crippen molar-refractivity contribution >= 4 is 22.7 Å². The number of carbonyl (C=O) groups is 1. The number of benzene rings is 3. The maximum Gasteiger partial charge on any atom is 0.255 e. The fourth-order valence-electron chi connectivity index (χ4n) is 3.71. The van der Waals surface area contributed by atoms with Gasteiger partial charge in [0.25, 0.3) is 5.91 Å². The second kappa shape index (κ2) is 7.79. The van der Waals surface area contributed by atoms with E-state index in [1.807, 2.05) is 62.4 Å². The summed E-state index contributed by atoms with van der Waals surface area (Å²) in [5, 5.41) is 3.03. The summed E-state index contributed by atoms with van der Waals surface area (Å²) in [6, 6.07) is 17.6. The first-order chi connectivity index (χ1) is 14.3. The van der Waals surface area contributed by atoms with Crippen molar-refractivity contribution < 1.29 is 9.21 Å². The van der Waals surface area contributed by atoms with Gasteiger partial charge in [-0.05, 0) is 79.3 Å². The van der Waals surface area contributed by atoms with Crippen LogP contribution < -0.4 is 5.32 Å². The molecule has 4 nitrogen and oxygen atoms in total. The highest BCUT2D eigenvalue weighted by Gasteiger charge is 2.16. The van der Waals surface area contributed by atoms with Gasteiger partial charge in [-0.1, -0.05) is 38.1 Å². The number of oxazole rings is 1. The van der Waals surface area contributed by atoms with E-state index in [4.69, 9.17) is 9.40 Å². The van der Waals surface area contributed by atoms with E-state index in [1.54, 1.807) is 0 Å². The van der Waals surface area contributed by atoms with Crippen LogP contribution >= 0.6 is 0 Å². The van der Waals surface area contributed by atoms with Gasteiger partial charge in [0.05, 0.1) is 0 Å². The molecule has 0 spiro atoms. The van der Waals surface area contributed by atoms with Crippen LogP contribution in [0.2, 0.25) is 0 Å². The third kappa shape index (κ3) is 3.73. The molecule has 0 fully saturated rings. The summed E-state index contributed by atoms with van der Waals surface area (Å²) in [7, 11) is 0. The Morgan fingerprint density at radius 1 is 1.00 bits per heavy atom. The van der Waals surface area contributed by atoms with E-state index in [0.717, 1.165) is 39.0 Å². The first kappa shape index (κ1) is 19.9. The summed E-state index contributed by atoms with van der Waals surface area (Å²) in [5.74, 6) is 0.868.